The summed E-state index contributed by atoms with van der Waals surface area (Å²) in [4.78, 5) is 38.4. The zero-order chi connectivity index (χ0) is 24.6. The van der Waals surface area contributed by atoms with Gasteiger partial charge in [0.2, 0.25) is 5.91 Å². The molecule has 0 radical (unpaired) electrons. The summed E-state index contributed by atoms with van der Waals surface area (Å²) in [5, 5.41) is 7.95. The van der Waals surface area contributed by atoms with Crippen molar-refractivity contribution in [3.63, 3.8) is 0 Å². The van der Waals surface area contributed by atoms with Crippen molar-refractivity contribution in [3.8, 4) is 17.1 Å². The molecular formula is C25H30N6O3S. The zero-order valence-electron chi connectivity index (χ0n) is 20.0. The highest BCUT2D eigenvalue weighted by atomic mass is 32.1. The molecule has 2 amide bonds. The van der Waals surface area contributed by atoms with E-state index in [0.29, 0.717) is 68.1 Å². The maximum absolute atomic E-state index is 13.1. The number of carbonyl (C=O) groups is 2. The van der Waals surface area contributed by atoms with E-state index in [1.165, 1.54) is 18.3 Å². The van der Waals surface area contributed by atoms with E-state index in [2.05, 4.69) is 20.5 Å². The first-order valence-corrected chi connectivity index (χ1v) is 12.6. The summed E-state index contributed by atoms with van der Waals surface area (Å²) in [6.07, 6.45) is 0. The van der Waals surface area contributed by atoms with Crippen molar-refractivity contribution in [2.45, 2.75) is 13.8 Å². The molecule has 1 aromatic carbocycles. The lowest BCUT2D eigenvalue weighted by atomic mass is 10.2. The Labute approximate surface area is 209 Å². The van der Waals surface area contributed by atoms with Gasteiger partial charge in [0, 0.05) is 57.8 Å². The standard InChI is InChI=1S/C25H30N6O3S/c1-3-34-20-9-16-35-23(20)25(33)31-14-12-30(13-15-31)22-17-21(27-11-10-26-18(2)32)28-24(29-22)19-7-5-4-6-8-19/h4-9,16-17H,3,10-15H2,1-2H3,(H,26,32)(H,27,28,29). The lowest BCUT2D eigenvalue weighted by molar-refractivity contribution is -0.118. The Bertz CT molecular complexity index is 1150. The maximum Gasteiger partial charge on any atom is 0.267 e. The topological polar surface area (TPSA) is 99.7 Å². The Morgan fingerprint density at radius 3 is 2.54 bits per heavy atom. The molecule has 2 aromatic heterocycles. The van der Waals surface area contributed by atoms with E-state index in [9.17, 15) is 9.59 Å². The Morgan fingerprint density at radius 1 is 1.06 bits per heavy atom. The van der Waals surface area contributed by atoms with Crippen LogP contribution in [0.1, 0.15) is 23.5 Å². The SMILES string of the molecule is CCOc1ccsc1C(=O)N1CCN(c2cc(NCCNC(C)=O)nc(-c3ccccc3)n2)CC1. The van der Waals surface area contributed by atoms with Gasteiger partial charge in [-0.3, -0.25) is 9.59 Å². The minimum atomic E-state index is -0.0662. The van der Waals surface area contributed by atoms with E-state index in [0.717, 1.165) is 11.4 Å². The second-order valence-electron chi connectivity index (χ2n) is 8.04. The zero-order valence-corrected chi connectivity index (χ0v) is 20.8. The van der Waals surface area contributed by atoms with Crippen molar-refractivity contribution >= 4 is 34.8 Å². The highest BCUT2D eigenvalue weighted by molar-refractivity contribution is 7.12. The van der Waals surface area contributed by atoms with E-state index in [1.807, 2.05) is 59.7 Å². The fourth-order valence-corrected chi connectivity index (χ4v) is 4.64. The Balaban J connectivity index is 1.47. The number of rotatable bonds is 9. The van der Waals surface area contributed by atoms with Crippen molar-refractivity contribution in [2.24, 2.45) is 0 Å². The molecule has 4 rings (SSSR count). The molecule has 1 saturated heterocycles. The number of carbonyl (C=O) groups excluding carboxylic acids is 2. The fraction of sp³-hybridized carbons (Fsp3) is 0.360. The number of nitrogens with zero attached hydrogens (tertiary/aromatic N) is 4. The summed E-state index contributed by atoms with van der Waals surface area (Å²) in [5.74, 6) is 2.73. The number of anilines is 2. The average Bonchev–Trinajstić information content (AvgIpc) is 3.35. The number of benzene rings is 1. The fourth-order valence-electron chi connectivity index (χ4n) is 3.84. The van der Waals surface area contributed by atoms with Gasteiger partial charge in [-0.15, -0.1) is 11.3 Å². The Hall–Kier alpha value is -3.66. The van der Waals surface area contributed by atoms with E-state index < -0.39 is 0 Å². The summed E-state index contributed by atoms with van der Waals surface area (Å²) in [7, 11) is 0. The van der Waals surface area contributed by atoms with Gasteiger partial charge in [0.1, 0.15) is 22.3 Å². The largest absolute Gasteiger partial charge is 0.492 e. The van der Waals surface area contributed by atoms with Crippen LogP contribution in [-0.2, 0) is 4.79 Å². The van der Waals surface area contributed by atoms with Gasteiger partial charge >= 0.3 is 0 Å². The van der Waals surface area contributed by atoms with E-state index in [1.54, 1.807) is 0 Å². The first-order chi connectivity index (χ1) is 17.0. The molecule has 1 aliphatic rings. The van der Waals surface area contributed by atoms with Gasteiger partial charge in [0.05, 0.1) is 6.61 Å². The van der Waals surface area contributed by atoms with Crippen LogP contribution in [0.5, 0.6) is 5.75 Å². The van der Waals surface area contributed by atoms with Crippen molar-refractivity contribution < 1.29 is 14.3 Å². The van der Waals surface area contributed by atoms with Gasteiger partial charge in [0.15, 0.2) is 5.82 Å². The summed E-state index contributed by atoms with van der Waals surface area (Å²) in [5.41, 5.74) is 0.925. The average molecular weight is 495 g/mol. The highest BCUT2D eigenvalue weighted by Crippen LogP contribution is 2.28. The normalized spacial score (nSPS) is 13.4. The molecule has 2 N–H and O–H groups in total. The summed E-state index contributed by atoms with van der Waals surface area (Å²) >= 11 is 1.42. The van der Waals surface area contributed by atoms with Crippen molar-refractivity contribution in [1.29, 1.82) is 0 Å². The number of nitrogens with one attached hydrogen (secondary N) is 2. The quantitative estimate of drug-likeness (QED) is 0.441. The number of aromatic nitrogens is 2. The van der Waals surface area contributed by atoms with Gasteiger partial charge < -0.3 is 25.2 Å². The molecule has 3 aromatic rings. The van der Waals surface area contributed by atoms with Crippen molar-refractivity contribution in [3.05, 3.63) is 52.7 Å². The van der Waals surface area contributed by atoms with Gasteiger partial charge in [-0.25, -0.2) is 9.97 Å². The Morgan fingerprint density at radius 2 is 1.83 bits per heavy atom. The number of thiophene rings is 1. The number of hydrogen-bond donors (Lipinski definition) is 2. The van der Waals surface area contributed by atoms with Crippen LogP contribution in [0.25, 0.3) is 11.4 Å². The second-order valence-corrected chi connectivity index (χ2v) is 8.95. The van der Waals surface area contributed by atoms with Crippen molar-refractivity contribution in [2.75, 3.05) is 56.1 Å². The van der Waals surface area contributed by atoms with Gasteiger partial charge in [0.25, 0.3) is 5.91 Å². The molecule has 9 nitrogen and oxygen atoms in total. The van der Waals surface area contributed by atoms with Gasteiger partial charge in [-0.2, -0.15) is 0 Å². The second kappa shape index (κ2) is 11.7. The van der Waals surface area contributed by atoms with E-state index >= 15 is 0 Å². The predicted molar refractivity (Wildman–Crippen MR) is 138 cm³/mol. The smallest absolute Gasteiger partial charge is 0.267 e. The highest BCUT2D eigenvalue weighted by Gasteiger charge is 2.26. The van der Waals surface area contributed by atoms with Crippen LogP contribution in [-0.4, -0.2) is 72.6 Å². The molecule has 184 valence electrons. The molecule has 1 aliphatic heterocycles. The monoisotopic (exact) mass is 494 g/mol. The van der Waals surface area contributed by atoms with Gasteiger partial charge in [-0.05, 0) is 18.4 Å². The molecule has 0 aliphatic carbocycles. The van der Waals surface area contributed by atoms with Crippen LogP contribution < -0.4 is 20.3 Å². The molecule has 0 saturated carbocycles. The first-order valence-electron chi connectivity index (χ1n) is 11.7. The third-order valence-electron chi connectivity index (χ3n) is 5.56. The van der Waals surface area contributed by atoms with Crippen LogP contribution in [0.15, 0.2) is 47.8 Å². The molecule has 0 bridgehead atoms. The minimum Gasteiger partial charge on any atom is -0.492 e. The molecule has 10 heteroatoms. The first kappa shape index (κ1) is 24.5. The number of hydrogen-bond acceptors (Lipinski definition) is 8. The molecule has 3 heterocycles. The lowest BCUT2D eigenvalue weighted by Gasteiger charge is -2.35. The number of amides is 2. The van der Waals surface area contributed by atoms with Crippen LogP contribution in [0.3, 0.4) is 0 Å². The van der Waals surface area contributed by atoms with Crippen LogP contribution in [0.4, 0.5) is 11.6 Å². The molecule has 0 spiro atoms. The number of ether oxygens (including phenoxy) is 1. The molecular weight excluding hydrogens is 464 g/mol. The molecule has 35 heavy (non-hydrogen) atoms. The van der Waals surface area contributed by atoms with Crippen molar-refractivity contribution in [1.82, 2.24) is 20.2 Å². The van der Waals surface area contributed by atoms with Crippen LogP contribution in [0.2, 0.25) is 0 Å². The molecule has 0 unspecified atom stereocenters. The molecule has 0 atom stereocenters. The Kier molecular flexibility index (Phi) is 8.15. The van der Waals surface area contributed by atoms with Crippen LogP contribution >= 0.6 is 11.3 Å². The maximum atomic E-state index is 13.1. The van der Waals surface area contributed by atoms with Crippen LogP contribution in [0, 0.1) is 0 Å². The van der Waals surface area contributed by atoms with E-state index in [-0.39, 0.29) is 11.8 Å². The van der Waals surface area contributed by atoms with E-state index in [4.69, 9.17) is 9.72 Å². The predicted octanol–water partition coefficient (Wildman–Crippen LogP) is 3.11. The summed E-state index contributed by atoms with van der Waals surface area (Å²) < 4.78 is 5.61. The number of piperazine rings is 1. The van der Waals surface area contributed by atoms with Gasteiger partial charge in [-0.1, -0.05) is 30.3 Å². The summed E-state index contributed by atoms with van der Waals surface area (Å²) in [6.45, 7) is 7.52. The minimum absolute atomic E-state index is 0.0103. The lowest BCUT2D eigenvalue weighted by Crippen LogP contribution is -2.49. The molecule has 1 fully saturated rings. The third-order valence-corrected chi connectivity index (χ3v) is 6.45. The third kappa shape index (κ3) is 6.27. The summed E-state index contributed by atoms with van der Waals surface area (Å²) in [6, 6.07) is 13.6.